The molecule has 2 amide bonds. The quantitative estimate of drug-likeness (QED) is 0.0346. The molecule has 4 aliphatic heterocycles. The van der Waals surface area contributed by atoms with Crippen LogP contribution < -0.4 is 42.7 Å². The fourth-order valence-electron chi connectivity index (χ4n) is 14.2. The van der Waals surface area contributed by atoms with Gasteiger partial charge in [-0.3, -0.25) is 28.8 Å². The van der Waals surface area contributed by atoms with Crippen LogP contribution in [0.25, 0.3) is 59.8 Å². The van der Waals surface area contributed by atoms with Crippen LogP contribution in [-0.2, 0) is 41.6 Å². The smallest absolute Gasteiger partial charge is 0.338 e. The summed E-state index contributed by atoms with van der Waals surface area (Å²) >= 11 is 0. The van der Waals surface area contributed by atoms with E-state index < -0.39 is 78.0 Å². The van der Waals surface area contributed by atoms with Gasteiger partial charge in [0, 0.05) is 137 Å². The topological polar surface area (TPSA) is 401 Å². The van der Waals surface area contributed by atoms with Crippen molar-refractivity contribution in [1.29, 1.82) is 0 Å². The zero-order valence-corrected chi connectivity index (χ0v) is 57.1. The number of nitrogens with one attached hydrogen (secondary N) is 10. The number of amides is 2. The van der Waals surface area contributed by atoms with Gasteiger partial charge in [-0.15, -0.1) is 0 Å². The normalized spacial score (nSPS) is 17.4. The average Bonchev–Trinajstić information content (AvgIpc) is 1.61. The molecule has 516 valence electrons. The SMILES string of the molecule is C=Cc1c2[nH]c(c1C)C=C1NC(=C(CC(=O)NC(C)C(=O)O)c3[nH]c(c(C)c3C(=O)O)C=c3[nH]c(c(C)c3CC)=C2)C(CCC(=O)O)C1C.C=Cc1c2[nH]c(c1C)C=C1NC(=C(CC(=O)O)c3[nH]c(c(C)c3C(=O)O)C=c3[nH]c(c(C)c3CC)=C2)C(CCC(=O)NC(C)C(=O)O)C1C. The molecule has 6 atom stereocenters. The third-order valence-electron chi connectivity index (χ3n) is 19.8. The van der Waals surface area contributed by atoms with E-state index in [9.17, 15) is 69.0 Å². The lowest BCUT2D eigenvalue weighted by Crippen LogP contribution is -2.38. The van der Waals surface area contributed by atoms with Gasteiger partial charge in [0.05, 0.1) is 35.4 Å². The number of carboxylic acids is 6. The second kappa shape index (κ2) is 28.7. The molecule has 24 nitrogen and oxygen atoms in total. The highest BCUT2D eigenvalue weighted by Crippen LogP contribution is 2.45. The number of hydrogen-bond acceptors (Lipinski definition) is 10. The maximum absolute atomic E-state index is 13.5. The number of hydrogen-bond donors (Lipinski definition) is 16. The lowest BCUT2D eigenvalue weighted by Gasteiger charge is -2.19. The summed E-state index contributed by atoms with van der Waals surface area (Å²) in [6, 6.07) is -2.27. The van der Waals surface area contributed by atoms with E-state index in [1.165, 1.54) is 13.8 Å². The molecule has 16 bridgehead atoms. The van der Waals surface area contributed by atoms with Gasteiger partial charge in [-0.1, -0.05) is 53.0 Å². The zero-order chi connectivity index (χ0) is 71.8. The molecule has 0 saturated carbocycles. The number of carbonyl (C=O) groups is 8. The molecule has 16 N–H and O–H groups in total. The highest BCUT2D eigenvalue weighted by molar-refractivity contribution is 6.01. The monoisotopic (exact) mass is 1340 g/mol. The van der Waals surface area contributed by atoms with Gasteiger partial charge in [-0.05, 0) is 162 Å². The van der Waals surface area contributed by atoms with Crippen LogP contribution in [0.5, 0.6) is 0 Å². The van der Waals surface area contributed by atoms with Crippen LogP contribution in [0, 0.1) is 65.2 Å². The lowest BCUT2D eigenvalue weighted by atomic mass is 9.85. The first kappa shape index (κ1) is 71.3. The van der Waals surface area contributed by atoms with Gasteiger partial charge in [-0.25, -0.2) is 9.59 Å². The molecular formula is C74H86N10O14. The molecule has 0 aromatic carbocycles. The van der Waals surface area contributed by atoms with E-state index >= 15 is 0 Å². The van der Waals surface area contributed by atoms with E-state index in [1.54, 1.807) is 26.0 Å². The highest BCUT2D eigenvalue weighted by atomic mass is 16.4. The molecule has 2 saturated heterocycles. The number of carboxylic acid groups (broad SMARTS) is 6. The predicted molar refractivity (Wildman–Crippen MR) is 374 cm³/mol. The van der Waals surface area contributed by atoms with Crippen molar-refractivity contribution in [2.45, 2.75) is 147 Å². The van der Waals surface area contributed by atoms with Crippen LogP contribution in [-0.4, -0.2) is 120 Å². The van der Waals surface area contributed by atoms with Gasteiger partial charge in [0.25, 0.3) is 0 Å². The van der Waals surface area contributed by atoms with Crippen molar-refractivity contribution in [2.75, 3.05) is 0 Å². The summed E-state index contributed by atoms with van der Waals surface area (Å²) in [5.74, 6) is -9.39. The Morgan fingerprint density at radius 2 is 0.847 bits per heavy atom. The standard InChI is InChI=1S/2C37H43N5O7/c1-8-21-16(3)25-13-27-18(5)23(10-11-32(44)45)34(41-27)24(12-31(43)38-20(7)36(46)47)35-33(37(48)49)19(6)28(42-35)15-30-22(9-2)17(4)26(40-30)14-29(21)39-25;1-8-21-16(3)25-13-27-18(5)23(10-11-31(43)38-20(7)36(46)47)34(41-27)24(12-32(44)45)35-33(37(48)49)19(6)28(42-35)15-30-22(9-2)17(4)26(40-30)14-29(21)39-25/h2*8,13-15,18,20,23,39-42H,1,9-12H2,2-7H3,(H,38,43)(H,44,45)(H,46,47)(H,48,49). The van der Waals surface area contributed by atoms with Crippen LogP contribution in [0.4, 0.5) is 0 Å². The Balaban J connectivity index is 0.000000229. The number of H-pyrrole nitrogens is 6. The minimum atomic E-state index is -1.22. The number of fused-ring (bicyclic) bond motifs is 16. The fraction of sp³-hybridized carbons (Fsp3) is 0.351. The van der Waals surface area contributed by atoms with E-state index in [2.05, 4.69) is 71.3 Å². The lowest BCUT2D eigenvalue weighted by molar-refractivity contribution is -0.141. The third-order valence-corrected chi connectivity index (χ3v) is 19.8. The molecule has 6 unspecified atom stereocenters. The number of rotatable bonds is 20. The summed E-state index contributed by atoms with van der Waals surface area (Å²) in [6.45, 7) is 30.3. The molecular weight excluding hydrogens is 1250 g/mol. The van der Waals surface area contributed by atoms with Gasteiger partial charge < -0.3 is 81.8 Å². The van der Waals surface area contributed by atoms with E-state index in [0.717, 1.165) is 100 Å². The number of aromatic amines is 6. The molecule has 10 heterocycles. The van der Waals surface area contributed by atoms with Gasteiger partial charge >= 0.3 is 35.8 Å². The van der Waals surface area contributed by atoms with Crippen molar-refractivity contribution in [2.24, 2.45) is 23.7 Å². The first-order valence-corrected chi connectivity index (χ1v) is 32.7. The van der Waals surface area contributed by atoms with Crippen molar-refractivity contribution in [3.05, 3.63) is 170 Å². The van der Waals surface area contributed by atoms with Crippen LogP contribution in [0.2, 0.25) is 0 Å². The van der Waals surface area contributed by atoms with E-state index in [4.69, 9.17) is 0 Å². The summed E-state index contributed by atoms with van der Waals surface area (Å²) < 4.78 is 0. The van der Waals surface area contributed by atoms with Crippen molar-refractivity contribution >= 4 is 107 Å². The number of allylic oxidation sites excluding steroid dienone is 4. The van der Waals surface area contributed by atoms with Gasteiger partial charge in [0.1, 0.15) is 12.1 Å². The molecule has 6 aromatic heterocycles. The maximum atomic E-state index is 13.5. The van der Waals surface area contributed by atoms with Crippen LogP contribution in [0.15, 0.2) is 35.9 Å². The van der Waals surface area contributed by atoms with Crippen LogP contribution in [0.3, 0.4) is 0 Å². The summed E-state index contributed by atoms with van der Waals surface area (Å²) in [5, 5.41) is 74.9. The largest absolute Gasteiger partial charge is 0.481 e. The maximum Gasteiger partial charge on any atom is 0.338 e. The molecule has 10 rings (SSSR count). The van der Waals surface area contributed by atoms with Gasteiger partial charge in [0.2, 0.25) is 11.8 Å². The van der Waals surface area contributed by atoms with E-state index in [0.29, 0.717) is 52.3 Å². The second-order valence-electron chi connectivity index (χ2n) is 25.7. The Hall–Kier alpha value is -11.0. The Labute approximate surface area is 565 Å². The van der Waals surface area contributed by atoms with Crippen molar-refractivity contribution in [1.82, 2.24) is 51.2 Å². The number of carbonyl (C=O) groups excluding carboxylic acids is 2. The Morgan fingerprint density at radius 3 is 1.21 bits per heavy atom. The molecule has 24 heteroatoms. The second-order valence-corrected chi connectivity index (χ2v) is 25.7. The number of aromatic nitrogens is 6. The Bertz CT molecular complexity index is 4770. The number of aromatic carboxylic acids is 2. The molecule has 0 aliphatic carbocycles. The highest BCUT2D eigenvalue weighted by Gasteiger charge is 2.40. The first-order valence-electron chi connectivity index (χ1n) is 32.7. The predicted octanol–water partition coefficient (Wildman–Crippen LogP) is 7.85. The third kappa shape index (κ3) is 14.0. The zero-order valence-electron chi connectivity index (χ0n) is 57.1. The summed E-state index contributed by atoms with van der Waals surface area (Å²) in [7, 11) is 0. The van der Waals surface area contributed by atoms with E-state index in [-0.39, 0.29) is 72.0 Å². The summed E-state index contributed by atoms with van der Waals surface area (Å²) in [6.07, 6.45) is 16.2. The minimum absolute atomic E-state index is 0.0324. The van der Waals surface area contributed by atoms with Crippen molar-refractivity contribution < 1.29 is 69.0 Å². The first-order chi connectivity index (χ1) is 46.3. The van der Waals surface area contributed by atoms with Crippen LogP contribution >= 0.6 is 0 Å². The van der Waals surface area contributed by atoms with Crippen molar-refractivity contribution in [3.63, 3.8) is 0 Å². The molecule has 98 heavy (non-hydrogen) atoms. The van der Waals surface area contributed by atoms with Gasteiger partial charge in [0.15, 0.2) is 0 Å². The number of aliphatic carboxylic acids is 4. The van der Waals surface area contributed by atoms with Gasteiger partial charge in [-0.2, -0.15) is 0 Å². The molecule has 4 aliphatic rings. The summed E-state index contributed by atoms with van der Waals surface area (Å²) in [5.41, 5.74) is 16.6. The van der Waals surface area contributed by atoms with E-state index in [1.807, 2.05) is 84.9 Å². The Morgan fingerprint density at radius 1 is 0.469 bits per heavy atom. The molecule has 6 aromatic rings. The molecule has 0 spiro atoms. The minimum Gasteiger partial charge on any atom is -0.481 e. The van der Waals surface area contributed by atoms with Crippen molar-refractivity contribution in [3.8, 4) is 0 Å². The average molecular weight is 1340 g/mol. The fourth-order valence-corrected chi connectivity index (χ4v) is 14.2. The molecule has 0 radical (unpaired) electrons. The van der Waals surface area contributed by atoms with Crippen LogP contribution in [0.1, 0.15) is 202 Å². The Kier molecular flexibility index (Phi) is 20.9. The summed E-state index contributed by atoms with van der Waals surface area (Å²) in [4.78, 5) is 120. The molecule has 2 fully saturated rings.